The van der Waals surface area contributed by atoms with Gasteiger partial charge in [0.15, 0.2) is 16.6 Å². The van der Waals surface area contributed by atoms with Crippen LogP contribution in [0.5, 0.6) is 5.75 Å². The van der Waals surface area contributed by atoms with Gasteiger partial charge in [-0.2, -0.15) is 0 Å². The molecule has 1 N–H and O–H groups in total. The Morgan fingerprint density at radius 3 is 1.32 bits per heavy atom. The van der Waals surface area contributed by atoms with Crippen molar-refractivity contribution in [2.24, 2.45) is 0 Å². The van der Waals surface area contributed by atoms with Crippen LogP contribution in [0.3, 0.4) is 0 Å². The van der Waals surface area contributed by atoms with Crippen molar-refractivity contribution < 1.29 is 14.0 Å². The first kappa shape index (κ1) is 22.4. The van der Waals surface area contributed by atoms with Crippen LogP contribution in [0.15, 0.2) is 18.2 Å². The second-order valence-electron chi connectivity index (χ2n) is 10.1. The molecule has 0 aromatic heterocycles. The summed E-state index contributed by atoms with van der Waals surface area (Å²) in [5.74, 6) is 0.283. The van der Waals surface area contributed by atoms with Gasteiger partial charge in [-0.25, -0.2) is 0 Å². The van der Waals surface area contributed by atoms with Crippen LogP contribution in [0, 0.1) is 0 Å². The monoisotopic (exact) mass is 382 g/mol. The maximum atomic E-state index is 10.1. The van der Waals surface area contributed by atoms with Crippen LogP contribution in [0.2, 0.25) is 36.3 Å². The van der Waals surface area contributed by atoms with Crippen LogP contribution in [0.1, 0.15) is 52.7 Å². The molecular formula is C20H38O3Si2. The molecule has 0 aliphatic rings. The number of benzene rings is 1. The van der Waals surface area contributed by atoms with Crippen molar-refractivity contribution >= 4 is 16.6 Å². The second kappa shape index (κ2) is 7.55. The third-order valence-corrected chi connectivity index (χ3v) is 14.8. The number of hydrogen-bond acceptors (Lipinski definition) is 3. The summed E-state index contributed by atoms with van der Waals surface area (Å²) >= 11 is 0. The van der Waals surface area contributed by atoms with E-state index >= 15 is 0 Å². The lowest BCUT2D eigenvalue weighted by molar-refractivity contribution is 0.269. The number of hydrogen-bond donors (Lipinski definition) is 1. The Balaban J connectivity index is 2.84. The van der Waals surface area contributed by atoms with Gasteiger partial charge in [0.25, 0.3) is 0 Å². The molecule has 0 saturated carbocycles. The van der Waals surface area contributed by atoms with Gasteiger partial charge in [0, 0.05) is 0 Å². The molecule has 0 saturated heterocycles. The van der Waals surface area contributed by atoms with E-state index < -0.39 is 16.6 Å². The highest BCUT2D eigenvalue weighted by molar-refractivity contribution is 6.74. The van der Waals surface area contributed by atoms with Crippen LogP contribution in [-0.2, 0) is 22.1 Å². The van der Waals surface area contributed by atoms with Crippen LogP contribution in [0.4, 0.5) is 0 Å². The fraction of sp³-hybridized carbons (Fsp3) is 0.700. The fourth-order valence-electron chi connectivity index (χ4n) is 1.87. The Hall–Kier alpha value is -0.626. The Kier molecular flexibility index (Phi) is 6.77. The molecule has 1 aromatic rings. The van der Waals surface area contributed by atoms with Crippen molar-refractivity contribution in [1.82, 2.24) is 0 Å². The van der Waals surface area contributed by atoms with Gasteiger partial charge in [-0.15, -0.1) is 0 Å². The van der Waals surface area contributed by atoms with Gasteiger partial charge in [-0.05, 0) is 59.5 Å². The van der Waals surface area contributed by atoms with E-state index in [0.717, 1.165) is 11.1 Å². The normalized spacial score (nSPS) is 14.0. The Bertz CT molecular complexity index is 533. The Morgan fingerprint density at radius 2 is 1.04 bits per heavy atom. The van der Waals surface area contributed by atoms with Gasteiger partial charge in [-0.1, -0.05) is 47.6 Å². The maximum absolute atomic E-state index is 10.1. The molecule has 0 atom stereocenters. The zero-order valence-corrected chi connectivity index (χ0v) is 19.9. The van der Waals surface area contributed by atoms with Crippen molar-refractivity contribution in [3.8, 4) is 5.75 Å². The first-order valence-electron chi connectivity index (χ1n) is 9.15. The molecule has 0 radical (unpaired) electrons. The highest BCUT2D eigenvalue weighted by atomic mass is 28.4. The summed E-state index contributed by atoms with van der Waals surface area (Å²) < 4.78 is 12.6. The molecule has 0 aliphatic heterocycles. The smallest absolute Gasteiger partial charge is 0.192 e. The zero-order valence-electron chi connectivity index (χ0n) is 17.9. The average Bonchev–Trinajstić information content (AvgIpc) is 2.40. The lowest BCUT2D eigenvalue weighted by Gasteiger charge is -2.36. The summed E-state index contributed by atoms with van der Waals surface area (Å²) in [4.78, 5) is 0. The SMILES string of the molecule is CC(C)(C)[Si](C)(C)OCc1cc(O)cc(CO[Si](C)(C)C(C)(C)C)c1. The molecular weight excluding hydrogens is 344 g/mol. The first-order chi connectivity index (χ1) is 11.1. The minimum atomic E-state index is -1.80. The summed E-state index contributed by atoms with van der Waals surface area (Å²) in [6.07, 6.45) is 0. The van der Waals surface area contributed by atoms with Crippen LogP contribution >= 0.6 is 0 Å². The molecule has 0 aliphatic carbocycles. The van der Waals surface area contributed by atoms with E-state index in [-0.39, 0.29) is 15.8 Å². The van der Waals surface area contributed by atoms with Crippen LogP contribution in [-0.4, -0.2) is 21.7 Å². The number of rotatable bonds is 6. The van der Waals surface area contributed by atoms with E-state index in [0.29, 0.717) is 13.2 Å². The molecule has 1 rings (SSSR count). The molecule has 0 unspecified atom stereocenters. The molecule has 1 aromatic carbocycles. The summed E-state index contributed by atoms with van der Waals surface area (Å²) in [7, 11) is -3.60. The van der Waals surface area contributed by atoms with E-state index in [4.69, 9.17) is 8.85 Å². The minimum absolute atomic E-state index is 0.179. The minimum Gasteiger partial charge on any atom is -0.508 e. The maximum Gasteiger partial charge on any atom is 0.192 e. The standard InChI is InChI=1S/C20H38O3Si2/c1-19(2,3)24(7,8)22-14-16-11-17(13-18(21)12-16)15-23-25(9,10)20(4,5)6/h11-13,21H,14-15H2,1-10H3. The van der Waals surface area contributed by atoms with Gasteiger partial charge >= 0.3 is 0 Å². The van der Waals surface area contributed by atoms with Gasteiger partial charge < -0.3 is 14.0 Å². The summed E-state index contributed by atoms with van der Waals surface area (Å²) in [5.41, 5.74) is 2.03. The lowest BCUT2D eigenvalue weighted by atomic mass is 10.1. The predicted octanol–water partition coefficient (Wildman–Crippen LogP) is 6.44. The topological polar surface area (TPSA) is 38.7 Å². The number of phenolic OH excluding ortho intramolecular Hbond substituents is 1. The van der Waals surface area contributed by atoms with Gasteiger partial charge in [-0.3, -0.25) is 0 Å². The molecule has 5 heteroatoms. The molecule has 144 valence electrons. The third kappa shape index (κ3) is 6.24. The second-order valence-corrected chi connectivity index (χ2v) is 19.7. The van der Waals surface area contributed by atoms with Crippen molar-refractivity contribution in [2.45, 2.75) is 91.0 Å². The van der Waals surface area contributed by atoms with E-state index in [1.807, 2.05) is 0 Å². The zero-order chi connectivity index (χ0) is 19.7. The average molecular weight is 383 g/mol. The fourth-order valence-corrected chi connectivity index (χ4v) is 3.79. The van der Waals surface area contributed by atoms with Crippen LogP contribution < -0.4 is 0 Å². The molecule has 0 heterocycles. The Labute approximate surface area is 157 Å². The lowest BCUT2D eigenvalue weighted by Crippen LogP contribution is -2.40. The van der Waals surface area contributed by atoms with Crippen molar-refractivity contribution in [3.05, 3.63) is 29.3 Å². The summed E-state index contributed by atoms with van der Waals surface area (Å²) in [5, 5.41) is 10.4. The van der Waals surface area contributed by atoms with E-state index in [1.54, 1.807) is 12.1 Å². The quantitative estimate of drug-likeness (QED) is 0.576. The molecule has 3 nitrogen and oxygen atoms in total. The summed E-state index contributed by atoms with van der Waals surface area (Å²) in [6, 6.07) is 5.69. The van der Waals surface area contributed by atoms with Gasteiger partial charge in [0.1, 0.15) is 5.75 Å². The molecule has 25 heavy (non-hydrogen) atoms. The van der Waals surface area contributed by atoms with E-state index in [2.05, 4.69) is 73.8 Å². The molecule has 0 bridgehead atoms. The third-order valence-electron chi connectivity index (χ3n) is 5.85. The molecule has 0 fully saturated rings. The highest BCUT2D eigenvalue weighted by Gasteiger charge is 2.38. The first-order valence-corrected chi connectivity index (χ1v) is 15.0. The molecule has 0 amide bonds. The van der Waals surface area contributed by atoms with Gasteiger partial charge in [0.05, 0.1) is 13.2 Å². The van der Waals surface area contributed by atoms with Crippen LogP contribution in [0.25, 0.3) is 0 Å². The van der Waals surface area contributed by atoms with Gasteiger partial charge in [0.2, 0.25) is 0 Å². The van der Waals surface area contributed by atoms with E-state index in [9.17, 15) is 5.11 Å². The summed E-state index contributed by atoms with van der Waals surface area (Å²) in [6.45, 7) is 23.5. The van der Waals surface area contributed by atoms with Crippen molar-refractivity contribution in [1.29, 1.82) is 0 Å². The van der Waals surface area contributed by atoms with Crippen molar-refractivity contribution in [2.75, 3.05) is 0 Å². The predicted molar refractivity (Wildman–Crippen MR) is 112 cm³/mol. The largest absolute Gasteiger partial charge is 0.508 e. The van der Waals surface area contributed by atoms with E-state index in [1.165, 1.54) is 0 Å². The van der Waals surface area contributed by atoms with Crippen molar-refractivity contribution in [3.63, 3.8) is 0 Å². The number of aromatic hydroxyl groups is 1. The molecule has 0 spiro atoms. The number of phenols is 1. The Morgan fingerprint density at radius 1 is 0.720 bits per heavy atom. The highest BCUT2D eigenvalue weighted by Crippen LogP contribution is 2.38.